The molecule has 0 bridgehead atoms. The highest BCUT2D eigenvalue weighted by Crippen LogP contribution is 2.33. The van der Waals surface area contributed by atoms with Gasteiger partial charge in [-0.3, -0.25) is 14.6 Å². The first-order valence-electron chi connectivity index (χ1n) is 16.6. The molecule has 48 heavy (non-hydrogen) atoms. The van der Waals surface area contributed by atoms with Gasteiger partial charge in [0, 0.05) is 82.4 Å². The summed E-state index contributed by atoms with van der Waals surface area (Å²) in [5, 5.41) is 17.4. The number of carbonyl (C=O) groups excluding carboxylic acids is 1. The fourth-order valence-electron chi connectivity index (χ4n) is 6.83. The molecule has 0 atom stereocenters. The predicted molar refractivity (Wildman–Crippen MR) is 182 cm³/mol. The number of carbonyl (C=O) groups is 1. The standard InChI is InChI=1S/C36H43FN8O3/c1-4-48-30-20-32(34-28(21-38)23-40-45(34)24-30)27-6-8-33(39-22-27)44-11-9-36(10-12-44,25-43-15-13-42(14-16-43)17-18-47-3)41-35(46)31-19-29(37)7-5-26(31)2/h5-8,19-20,22-24H,4,9-18,25H2,1-3H3,(H,41,46). The predicted octanol–water partition coefficient (Wildman–Crippen LogP) is 4.15. The Bertz CT molecular complexity index is 1770. The van der Waals surface area contributed by atoms with Crippen LogP contribution in [0.2, 0.25) is 0 Å². The van der Waals surface area contributed by atoms with Crippen LogP contribution in [0.5, 0.6) is 5.75 Å². The Kier molecular flexibility index (Phi) is 10.2. The van der Waals surface area contributed by atoms with Crippen molar-refractivity contribution in [3.05, 3.63) is 77.5 Å². The summed E-state index contributed by atoms with van der Waals surface area (Å²) in [5.74, 6) is 0.853. The van der Waals surface area contributed by atoms with Crippen LogP contribution in [0.25, 0.3) is 16.6 Å². The van der Waals surface area contributed by atoms with E-state index in [1.54, 1.807) is 30.1 Å². The maximum absolute atomic E-state index is 14.2. The monoisotopic (exact) mass is 654 g/mol. The molecule has 3 aromatic heterocycles. The average Bonchev–Trinajstić information content (AvgIpc) is 3.52. The van der Waals surface area contributed by atoms with Gasteiger partial charge in [-0.25, -0.2) is 13.9 Å². The van der Waals surface area contributed by atoms with Crippen LogP contribution in [0.15, 0.2) is 55.0 Å². The third-order valence-corrected chi connectivity index (χ3v) is 9.55. The fraction of sp³-hybridized carbons (Fsp3) is 0.444. The molecule has 0 radical (unpaired) electrons. The number of pyridine rings is 2. The van der Waals surface area contributed by atoms with Crippen molar-refractivity contribution in [3.63, 3.8) is 0 Å². The summed E-state index contributed by atoms with van der Waals surface area (Å²) in [6.45, 7) is 11.8. The number of anilines is 1. The second-order valence-corrected chi connectivity index (χ2v) is 12.7. The van der Waals surface area contributed by atoms with Gasteiger partial charge < -0.3 is 19.7 Å². The van der Waals surface area contributed by atoms with Crippen LogP contribution in [-0.4, -0.2) is 109 Å². The number of halogens is 1. The van der Waals surface area contributed by atoms with Crippen molar-refractivity contribution >= 4 is 17.2 Å². The molecule has 0 unspecified atom stereocenters. The third kappa shape index (κ3) is 7.28. The number of hydrogen-bond acceptors (Lipinski definition) is 9. The molecule has 0 spiro atoms. The zero-order chi connectivity index (χ0) is 33.7. The third-order valence-electron chi connectivity index (χ3n) is 9.55. The molecule has 4 aromatic rings. The largest absolute Gasteiger partial charge is 0.492 e. The Morgan fingerprint density at radius 1 is 1.06 bits per heavy atom. The maximum atomic E-state index is 14.2. The van der Waals surface area contributed by atoms with E-state index in [0.717, 1.165) is 74.6 Å². The second-order valence-electron chi connectivity index (χ2n) is 12.7. The number of amides is 1. The van der Waals surface area contributed by atoms with E-state index >= 15 is 0 Å². The lowest BCUT2D eigenvalue weighted by atomic mass is 9.85. The molecule has 6 rings (SSSR count). The Morgan fingerprint density at radius 3 is 2.52 bits per heavy atom. The molecule has 1 amide bonds. The van der Waals surface area contributed by atoms with Crippen molar-refractivity contribution in [2.75, 3.05) is 77.6 Å². The summed E-state index contributed by atoms with van der Waals surface area (Å²) in [4.78, 5) is 25.6. The lowest BCUT2D eigenvalue weighted by Gasteiger charge is -2.46. The summed E-state index contributed by atoms with van der Waals surface area (Å²) >= 11 is 0. The van der Waals surface area contributed by atoms with Gasteiger partial charge in [0.1, 0.15) is 23.5 Å². The van der Waals surface area contributed by atoms with Crippen LogP contribution in [0.4, 0.5) is 10.2 Å². The number of aryl methyl sites for hydroxylation is 1. The van der Waals surface area contributed by atoms with Gasteiger partial charge in [-0.05, 0) is 62.6 Å². The van der Waals surface area contributed by atoms with Crippen LogP contribution >= 0.6 is 0 Å². The van der Waals surface area contributed by atoms with Crippen molar-refractivity contribution in [2.24, 2.45) is 0 Å². The van der Waals surface area contributed by atoms with Crippen molar-refractivity contribution in [1.29, 1.82) is 5.26 Å². The van der Waals surface area contributed by atoms with Gasteiger partial charge in [0.15, 0.2) is 0 Å². The second kappa shape index (κ2) is 14.7. The number of aromatic nitrogens is 3. The van der Waals surface area contributed by atoms with E-state index in [-0.39, 0.29) is 5.91 Å². The van der Waals surface area contributed by atoms with E-state index in [4.69, 9.17) is 14.5 Å². The molecular weight excluding hydrogens is 611 g/mol. The van der Waals surface area contributed by atoms with Crippen LogP contribution in [-0.2, 0) is 4.74 Å². The van der Waals surface area contributed by atoms with Gasteiger partial charge in [0.25, 0.3) is 5.91 Å². The summed E-state index contributed by atoms with van der Waals surface area (Å²) in [6.07, 6.45) is 6.61. The minimum atomic E-state index is -0.470. The lowest BCUT2D eigenvalue weighted by molar-refractivity contribution is 0.0647. The number of hydrogen-bond donors (Lipinski definition) is 1. The zero-order valence-corrected chi connectivity index (χ0v) is 27.9. The minimum absolute atomic E-state index is 0.237. The quantitative estimate of drug-likeness (QED) is 0.255. The number of nitrogens with one attached hydrogen (secondary N) is 1. The number of fused-ring (bicyclic) bond motifs is 1. The first-order valence-corrected chi connectivity index (χ1v) is 16.6. The zero-order valence-electron chi connectivity index (χ0n) is 27.9. The highest BCUT2D eigenvalue weighted by atomic mass is 19.1. The van der Waals surface area contributed by atoms with Crippen molar-refractivity contribution in [3.8, 4) is 22.9 Å². The van der Waals surface area contributed by atoms with Gasteiger partial charge in [-0.1, -0.05) is 6.07 Å². The molecule has 5 heterocycles. The van der Waals surface area contributed by atoms with Gasteiger partial charge in [0.05, 0.1) is 42.2 Å². The van der Waals surface area contributed by atoms with E-state index in [9.17, 15) is 14.4 Å². The molecule has 2 fully saturated rings. The number of rotatable bonds is 11. The molecule has 2 aliphatic rings. The highest BCUT2D eigenvalue weighted by molar-refractivity contribution is 5.96. The smallest absolute Gasteiger partial charge is 0.252 e. The molecular formula is C36H43FN8O3. The first kappa shape index (κ1) is 33.3. The molecule has 1 aromatic carbocycles. The lowest BCUT2D eigenvalue weighted by Crippen LogP contribution is -2.62. The van der Waals surface area contributed by atoms with Crippen LogP contribution in [0, 0.1) is 24.1 Å². The molecule has 1 N–H and O–H groups in total. The van der Waals surface area contributed by atoms with E-state index in [2.05, 4.69) is 31.2 Å². The molecule has 2 aliphatic heterocycles. The van der Waals surface area contributed by atoms with Crippen LogP contribution in [0.3, 0.4) is 0 Å². The van der Waals surface area contributed by atoms with Crippen LogP contribution < -0.4 is 15.0 Å². The maximum Gasteiger partial charge on any atom is 0.252 e. The van der Waals surface area contributed by atoms with Gasteiger partial charge >= 0.3 is 0 Å². The van der Waals surface area contributed by atoms with E-state index < -0.39 is 11.4 Å². The number of benzene rings is 1. The van der Waals surface area contributed by atoms with Crippen molar-refractivity contribution in [2.45, 2.75) is 32.2 Å². The number of piperidine rings is 1. The van der Waals surface area contributed by atoms with E-state index in [1.807, 2.05) is 38.2 Å². The summed E-state index contributed by atoms with van der Waals surface area (Å²) in [6, 6.07) is 12.5. The number of piperazine rings is 1. The first-order chi connectivity index (χ1) is 23.3. The summed E-state index contributed by atoms with van der Waals surface area (Å²) < 4.78 is 26.9. The Hall–Kier alpha value is -4.57. The van der Waals surface area contributed by atoms with Crippen molar-refractivity contribution < 1.29 is 18.7 Å². The van der Waals surface area contributed by atoms with Gasteiger partial charge in [0.2, 0.25) is 0 Å². The normalized spacial score (nSPS) is 16.9. The Labute approximate surface area is 280 Å². The molecule has 11 nitrogen and oxygen atoms in total. The molecule has 0 saturated carbocycles. The number of nitriles is 1. The SMILES string of the molecule is CCOc1cc(-c2ccc(N3CCC(CN4CCN(CCOC)CC4)(NC(=O)c4cc(F)ccc4C)CC3)nc2)c2c(C#N)cnn2c1. The summed E-state index contributed by atoms with van der Waals surface area (Å²) in [7, 11) is 1.73. The van der Waals surface area contributed by atoms with E-state index in [1.165, 1.54) is 12.1 Å². The molecule has 252 valence electrons. The minimum Gasteiger partial charge on any atom is -0.492 e. The van der Waals surface area contributed by atoms with Gasteiger partial charge in [-0.15, -0.1) is 0 Å². The molecule has 12 heteroatoms. The number of ether oxygens (including phenoxy) is 2. The fourth-order valence-corrected chi connectivity index (χ4v) is 6.83. The Morgan fingerprint density at radius 2 is 1.83 bits per heavy atom. The molecule has 2 saturated heterocycles. The number of nitrogens with zero attached hydrogens (tertiary/aromatic N) is 7. The van der Waals surface area contributed by atoms with Gasteiger partial charge in [-0.2, -0.15) is 10.4 Å². The van der Waals surface area contributed by atoms with Crippen LogP contribution in [0.1, 0.15) is 41.3 Å². The number of methoxy groups -OCH3 is 1. The Balaban J connectivity index is 1.19. The topological polar surface area (TPSA) is 111 Å². The van der Waals surface area contributed by atoms with E-state index in [0.29, 0.717) is 48.7 Å². The average molecular weight is 655 g/mol. The molecule has 0 aliphatic carbocycles. The van der Waals surface area contributed by atoms with Crippen molar-refractivity contribution in [1.82, 2.24) is 29.7 Å². The summed E-state index contributed by atoms with van der Waals surface area (Å²) in [5.41, 5.74) is 3.53. The highest BCUT2D eigenvalue weighted by Gasteiger charge is 2.39.